The molecule has 0 radical (unpaired) electrons. The van der Waals surface area contributed by atoms with Crippen molar-refractivity contribution in [1.82, 2.24) is 39.5 Å². The minimum Gasteiger partial charge on any atom is -0.481 e. The summed E-state index contributed by atoms with van der Waals surface area (Å²) in [5.41, 5.74) is 7.88. The Morgan fingerprint density at radius 3 is 1.53 bits per heavy atom. The quantitative estimate of drug-likeness (QED) is 0.124. The summed E-state index contributed by atoms with van der Waals surface area (Å²) in [6.45, 7) is 2.86. The molecule has 6 aromatic heterocycles. The average Bonchev–Trinajstić information content (AvgIpc) is 3.86. The molecule has 0 unspecified atom stereocenters. The highest BCUT2D eigenvalue weighted by atomic mass is 19.1. The summed E-state index contributed by atoms with van der Waals surface area (Å²) < 4.78 is 39.3. The van der Waals surface area contributed by atoms with E-state index in [0.29, 0.717) is 46.5 Å². The second-order valence-electron chi connectivity index (χ2n) is 14.8. The van der Waals surface area contributed by atoms with Crippen molar-refractivity contribution in [3.05, 3.63) is 149 Å². The van der Waals surface area contributed by atoms with Crippen molar-refractivity contribution in [2.75, 3.05) is 7.11 Å². The fourth-order valence-corrected chi connectivity index (χ4v) is 7.07. The Kier molecular flexibility index (Phi) is 11.7. The van der Waals surface area contributed by atoms with Crippen LogP contribution in [0.15, 0.2) is 97.8 Å². The minimum absolute atomic E-state index is 0. The maximum absolute atomic E-state index is 15.5. The molecule has 6 heterocycles. The van der Waals surface area contributed by atoms with Crippen LogP contribution < -0.4 is 4.74 Å². The number of carbonyl (C=O) groups is 2. The zero-order chi connectivity index (χ0) is 41.4. The fourth-order valence-electron chi connectivity index (χ4n) is 7.07. The molecular weight excluding hydrogens is 763 g/mol. The van der Waals surface area contributed by atoms with Crippen molar-refractivity contribution in [3.63, 3.8) is 0 Å². The number of fused-ring (bicyclic) bond motifs is 2. The molecule has 8 aromatic rings. The molecule has 9 rings (SSSR count). The monoisotopic (exact) mass is 806 g/mol. The van der Waals surface area contributed by atoms with Gasteiger partial charge >= 0.3 is 0 Å². The number of carbonyl (C=O) groups excluding carboxylic acids is 2. The molecule has 1 fully saturated rings. The lowest BCUT2D eigenvalue weighted by Crippen LogP contribution is -2.02. The predicted molar refractivity (Wildman–Crippen MR) is 227 cm³/mol. The summed E-state index contributed by atoms with van der Waals surface area (Å²) in [7, 11) is 5.17. The minimum atomic E-state index is -0.438. The van der Waals surface area contributed by atoms with Gasteiger partial charge in [0.25, 0.3) is 0 Å². The van der Waals surface area contributed by atoms with Crippen molar-refractivity contribution in [2.45, 2.75) is 52.9 Å². The van der Waals surface area contributed by atoms with Gasteiger partial charge in [0.1, 0.15) is 22.4 Å². The first-order chi connectivity index (χ1) is 28.4. The van der Waals surface area contributed by atoms with Crippen LogP contribution in [-0.4, -0.2) is 58.2 Å². The zero-order valence-corrected chi connectivity index (χ0v) is 33.2. The van der Waals surface area contributed by atoms with Crippen molar-refractivity contribution >= 4 is 33.4 Å². The number of rotatable bonds is 10. The second-order valence-corrected chi connectivity index (χ2v) is 14.8. The fraction of sp³-hybridized carbons (Fsp3) is 0.234. The van der Waals surface area contributed by atoms with Crippen molar-refractivity contribution in [2.24, 2.45) is 14.1 Å². The molecule has 0 aliphatic heterocycles. The Bertz CT molecular complexity index is 2880. The largest absolute Gasteiger partial charge is 0.481 e. The summed E-state index contributed by atoms with van der Waals surface area (Å²) in [4.78, 5) is 41.4. The summed E-state index contributed by atoms with van der Waals surface area (Å²) in [6.07, 6.45) is 13.7. The van der Waals surface area contributed by atoms with E-state index in [1.165, 1.54) is 26.7 Å². The normalized spacial score (nSPS) is 12.2. The molecule has 0 saturated heterocycles. The topological polar surface area (TPSA) is 131 Å². The maximum Gasteiger partial charge on any atom is 0.212 e. The van der Waals surface area contributed by atoms with Crippen LogP contribution in [0, 0.1) is 11.6 Å². The molecular formula is C47H44F2N8O3. The number of aryl methyl sites for hydroxylation is 2. The van der Waals surface area contributed by atoms with Gasteiger partial charge in [0.2, 0.25) is 5.88 Å². The summed E-state index contributed by atoms with van der Waals surface area (Å²) in [6, 6.07) is 18.3. The molecule has 0 spiro atoms. The van der Waals surface area contributed by atoms with Gasteiger partial charge in [-0.3, -0.25) is 23.9 Å². The van der Waals surface area contributed by atoms with Gasteiger partial charge in [-0.15, -0.1) is 0 Å². The summed E-state index contributed by atoms with van der Waals surface area (Å²) in [5, 5.41) is 9.69. The van der Waals surface area contributed by atoms with Gasteiger partial charge in [-0.05, 0) is 64.4 Å². The van der Waals surface area contributed by atoms with Crippen LogP contribution in [0.3, 0.4) is 0 Å². The van der Waals surface area contributed by atoms with Gasteiger partial charge in [0, 0.05) is 105 Å². The molecule has 11 nitrogen and oxygen atoms in total. The predicted octanol–water partition coefficient (Wildman–Crippen LogP) is 9.45. The van der Waals surface area contributed by atoms with E-state index in [9.17, 15) is 9.59 Å². The number of nitrogens with zero attached hydrogens (tertiary/aromatic N) is 8. The molecule has 0 amide bonds. The first-order valence-electron chi connectivity index (χ1n) is 19.1. The van der Waals surface area contributed by atoms with E-state index in [1.807, 2.05) is 56.0 Å². The van der Waals surface area contributed by atoms with Gasteiger partial charge in [0.15, 0.2) is 23.2 Å². The molecule has 1 aliphatic rings. The van der Waals surface area contributed by atoms with Gasteiger partial charge in [0.05, 0.1) is 19.5 Å². The number of ketones is 2. The number of Topliss-reactive ketones (excluding diaryl/α,β-unsaturated/α-hetero) is 2. The van der Waals surface area contributed by atoms with E-state index in [1.54, 1.807) is 72.4 Å². The first-order valence-corrected chi connectivity index (χ1v) is 19.1. The third-order valence-electron chi connectivity index (χ3n) is 10.4. The van der Waals surface area contributed by atoms with Crippen molar-refractivity contribution in [3.8, 4) is 28.1 Å². The molecule has 13 heteroatoms. The molecule has 0 bridgehead atoms. The third kappa shape index (κ3) is 8.56. The highest BCUT2D eigenvalue weighted by molar-refractivity contribution is 6.02. The molecule has 1 aliphatic carbocycles. The van der Waals surface area contributed by atoms with E-state index in [-0.39, 0.29) is 41.4 Å². The van der Waals surface area contributed by atoms with Crippen LogP contribution in [0.1, 0.15) is 89.0 Å². The molecule has 304 valence electrons. The van der Waals surface area contributed by atoms with E-state index < -0.39 is 11.6 Å². The lowest BCUT2D eigenvalue weighted by Gasteiger charge is -2.11. The number of methoxy groups -OCH3 is 1. The van der Waals surface area contributed by atoms with Crippen molar-refractivity contribution in [1.29, 1.82) is 0 Å². The van der Waals surface area contributed by atoms with E-state index >= 15 is 8.78 Å². The van der Waals surface area contributed by atoms with Crippen LogP contribution in [0.25, 0.3) is 44.1 Å². The summed E-state index contributed by atoms with van der Waals surface area (Å²) >= 11 is 0. The first kappa shape index (κ1) is 41.2. The lowest BCUT2D eigenvalue weighted by atomic mass is 9.98. The standard InChI is InChI=1S/C24H21FN4O.C22H19FN4O2.CH4/c1-14(30)22-10-20(18-12-27-29(2)13-18)19-7-6-17(23(25)24(19)28-22)9-15-3-8-21(26-11-15)16-4-5-16;1-13(28)19-9-18(16-11-25-27(2)12-16)17-6-5-15(21(23)22(17)26-19)8-14-4-7-20(29-3)24-10-14;/h3,6-8,10-13,16H,4-5,9H2,1-2H3;4-7,9-12H,8H2,1-3H3;1H4. The highest BCUT2D eigenvalue weighted by Gasteiger charge is 2.25. The van der Waals surface area contributed by atoms with Gasteiger partial charge in [-0.1, -0.05) is 43.8 Å². The number of pyridine rings is 4. The van der Waals surface area contributed by atoms with Gasteiger partial charge in [-0.2, -0.15) is 10.2 Å². The number of aromatic nitrogens is 8. The van der Waals surface area contributed by atoms with E-state index in [0.717, 1.165) is 39.1 Å². The number of ether oxygens (including phenoxy) is 1. The Labute approximate surface area is 346 Å². The lowest BCUT2D eigenvalue weighted by molar-refractivity contribution is 0.100. The van der Waals surface area contributed by atoms with Crippen molar-refractivity contribution < 1.29 is 23.1 Å². The van der Waals surface area contributed by atoms with Crippen LogP contribution >= 0.6 is 0 Å². The summed E-state index contributed by atoms with van der Waals surface area (Å²) in [5.74, 6) is -0.162. The molecule has 0 atom stereocenters. The Balaban J connectivity index is 0.000000179. The van der Waals surface area contributed by atoms with E-state index in [2.05, 4.69) is 30.1 Å². The molecule has 1 saturated carbocycles. The molecule has 0 N–H and O–H groups in total. The van der Waals surface area contributed by atoms with Crippen LogP contribution in [0.4, 0.5) is 8.78 Å². The maximum atomic E-state index is 15.5. The number of benzene rings is 2. The third-order valence-corrected chi connectivity index (χ3v) is 10.4. The average molecular weight is 807 g/mol. The van der Waals surface area contributed by atoms with Crippen LogP contribution in [0.2, 0.25) is 0 Å². The Hall–Kier alpha value is -7.02. The molecule has 60 heavy (non-hydrogen) atoms. The number of hydrogen-bond acceptors (Lipinski definition) is 9. The SMILES string of the molecule is C.CC(=O)c1cc(-c2cnn(C)c2)c2ccc(Cc3ccc(C4CC4)nc3)c(F)c2n1.COc1ccc(Cc2ccc3c(-c4cnn(C)c4)cc(C(C)=O)nc3c2F)cn1. The van der Waals surface area contributed by atoms with Crippen LogP contribution in [-0.2, 0) is 26.9 Å². The second kappa shape index (κ2) is 17.1. The number of hydrogen-bond donors (Lipinski definition) is 0. The zero-order valence-electron chi connectivity index (χ0n) is 33.2. The van der Waals surface area contributed by atoms with Gasteiger partial charge < -0.3 is 4.74 Å². The van der Waals surface area contributed by atoms with Gasteiger partial charge in [-0.25, -0.2) is 23.7 Å². The highest BCUT2D eigenvalue weighted by Crippen LogP contribution is 2.39. The molecule has 2 aromatic carbocycles. The van der Waals surface area contributed by atoms with Crippen LogP contribution in [0.5, 0.6) is 5.88 Å². The smallest absolute Gasteiger partial charge is 0.212 e. The van der Waals surface area contributed by atoms with E-state index in [4.69, 9.17) is 4.74 Å². The Morgan fingerprint density at radius 1 is 0.683 bits per heavy atom. The number of halogens is 2. The Morgan fingerprint density at radius 2 is 1.17 bits per heavy atom.